The van der Waals surface area contributed by atoms with E-state index < -0.39 is 15.9 Å². The van der Waals surface area contributed by atoms with Gasteiger partial charge < -0.3 is 29.3 Å². The molecule has 2 N–H and O–H groups in total. The first-order valence-electron chi connectivity index (χ1n) is 14.9. The Bertz CT molecular complexity index is 1920. The number of benzene rings is 3. The van der Waals surface area contributed by atoms with Crippen LogP contribution in [0.15, 0.2) is 65.9 Å². The van der Waals surface area contributed by atoms with Gasteiger partial charge >= 0.3 is 0 Å². The van der Waals surface area contributed by atoms with Gasteiger partial charge in [0.2, 0.25) is 21.9 Å². The molecule has 0 saturated carbocycles. The molecule has 1 aliphatic heterocycles. The van der Waals surface area contributed by atoms with E-state index in [0.717, 1.165) is 11.8 Å². The number of hydrogen-bond acceptors (Lipinski definition) is 11. The van der Waals surface area contributed by atoms with Crippen LogP contribution in [0.25, 0.3) is 10.8 Å². The first kappa shape index (κ1) is 33.4. The highest BCUT2D eigenvalue weighted by Gasteiger charge is 2.25. The minimum atomic E-state index is -3.66. The minimum absolute atomic E-state index is 0.0206. The van der Waals surface area contributed by atoms with E-state index in [0.29, 0.717) is 60.2 Å². The van der Waals surface area contributed by atoms with Gasteiger partial charge in [0.1, 0.15) is 12.9 Å². The molecule has 0 unspecified atom stereocenters. The molecular formula is C33H38N6O7S. The molecule has 0 aliphatic carbocycles. The Morgan fingerprint density at radius 2 is 1.70 bits per heavy atom. The van der Waals surface area contributed by atoms with Crippen molar-refractivity contribution >= 4 is 49.7 Å². The maximum absolute atomic E-state index is 14.0. The average molecular weight is 663 g/mol. The van der Waals surface area contributed by atoms with Crippen molar-refractivity contribution in [2.45, 2.75) is 26.2 Å². The number of carbonyl (C=O) groups excluding carboxylic acids is 1. The zero-order valence-corrected chi connectivity index (χ0v) is 28.0. The van der Waals surface area contributed by atoms with Gasteiger partial charge in [-0.15, -0.1) is 0 Å². The number of amides is 1. The number of ether oxygens (including phenoxy) is 3. The fraction of sp³-hybridized carbons (Fsp3) is 0.333. The first-order valence-corrected chi connectivity index (χ1v) is 16.8. The number of anilines is 3. The van der Waals surface area contributed by atoms with E-state index in [1.54, 1.807) is 36.5 Å². The summed E-state index contributed by atoms with van der Waals surface area (Å²) in [4.78, 5) is 30.1. The highest BCUT2D eigenvalue weighted by Crippen LogP contribution is 2.39. The summed E-state index contributed by atoms with van der Waals surface area (Å²) in [5, 5.41) is 8.35. The zero-order chi connectivity index (χ0) is 33.8. The molecule has 1 aromatic heterocycles. The van der Waals surface area contributed by atoms with E-state index in [-0.39, 0.29) is 28.3 Å². The zero-order valence-electron chi connectivity index (χ0n) is 27.2. The van der Waals surface area contributed by atoms with Gasteiger partial charge in [-0.1, -0.05) is 50.2 Å². The summed E-state index contributed by atoms with van der Waals surface area (Å²) in [5.41, 5.74) is 1.28. The van der Waals surface area contributed by atoms with E-state index >= 15 is 0 Å². The van der Waals surface area contributed by atoms with E-state index in [1.807, 2.05) is 49.9 Å². The van der Waals surface area contributed by atoms with Gasteiger partial charge in [-0.25, -0.2) is 13.4 Å². The van der Waals surface area contributed by atoms with E-state index in [1.165, 1.54) is 14.2 Å². The summed E-state index contributed by atoms with van der Waals surface area (Å²) in [7, 11) is -0.912. The summed E-state index contributed by atoms with van der Waals surface area (Å²) < 4.78 is 44.1. The molecule has 1 amide bonds. The molecule has 1 saturated heterocycles. The predicted octanol–water partition coefficient (Wildman–Crippen LogP) is 4.93. The number of oxime groups is 1. The van der Waals surface area contributed by atoms with Crippen molar-refractivity contribution in [2.24, 2.45) is 5.16 Å². The Balaban J connectivity index is 1.51. The van der Waals surface area contributed by atoms with E-state index in [4.69, 9.17) is 19.0 Å². The van der Waals surface area contributed by atoms with Crippen LogP contribution in [-0.4, -0.2) is 76.8 Å². The standard InChI is InChI=1S/C33H38N6O7S/c1-33(2,3)21-19-25(30(43-4)26(20-21)38-47(6,41)42)35-31(40)29(37-44-5)24-11-12-27(23-10-8-7-9-22(23)24)46-28-13-14-34-32(36-28)39-15-17-45-18-16-39/h7-14,19-20,38H,15-18H2,1-6H3,(H,35,40). The quantitative estimate of drug-likeness (QED) is 0.177. The monoisotopic (exact) mass is 662 g/mol. The van der Waals surface area contributed by atoms with Crippen molar-refractivity contribution in [1.29, 1.82) is 0 Å². The number of methoxy groups -OCH3 is 1. The third kappa shape index (κ3) is 7.89. The molecule has 5 rings (SSSR count). The molecule has 0 bridgehead atoms. The van der Waals surface area contributed by atoms with Gasteiger partial charge in [-0.2, -0.15) is 4.98 Å². The van der Waals surface area contributed by atoms with Crippen molar-refractivity contribution < 1.29 is 32.3 Å². The maximum Gasteiger partial charge on any atom is 0.278 e. The number of nitrogens with one attached hydrogen (secondary N) is 2. The van der Waals surface area contributed by atoms with Gasteiger partial charge in [-0.3, -0.25) is 9.52 Å². The molecule has 13 nitrogen and oxygen atoms in total. The molecule has 0 radical (unpaired) electrons. The normalized spacial score (nSPS) is 14.1. The van der Waals surface area contributed by atoms with Crippen molar-refractivity contribution in [3.63, 3.8) is 0 Å². The summed E-state index contributed by atoms with van der Waals surface area (Å²) in [5.74, 6) is 0.977. The lowest BCUT2D eigenvalue weighted by atomic mass is 9.86. The second-order valence-corrected chi connectivity index (χ2v) is 13.6. The number of aromatic nitrogens is 2. The third-order valence-electron chi connectivity index (χ3n) is 7.37. The van der Waals surface area contributed by atoms with Gasteiger partial charge in [-0.05, 0) is 40.6 Å². The summed E-state index contributed by atoms with van der Waals surface area (Å²) in [6, 6.07) is 16.0. The molecule has 1 fully saturated rings. The second-order valence-electron chi connectivity index (χ2n) is 11.9. The Morgan fingerprint density at radius 1 is 1.00 bits per heavy atom. The minimum Gasteiger partial charge on any atom is -0.492 e. The molecule has 0 spiro atoms. The van der Waals surface area contributed by atoms with E-state index in [2.05, 4.69) is 25.2 Å². The third-order valence-corrected chi connectivity index (χ3v) is 7.96. The van der Waals surface area contributed by atoms with Crippen molar-refractivity contribution in [2.75, 3.05) is 61.7 Å². The molecule has 4 aromatic rings. The molecule has 1 aliphatic rings. The van der Waals surface area contributed by atoms with Crippen LogP contribution in [0.5, 0.6) is 17.4 Å². The molecule has 3 aromatic carbocycles. The van der Waals surface area contributed by atoms with Crippen LogP contribution in [0.3, 0.4) is 0 Å². The van der Waals surface area contributed by atoms with Crippen LogP contribution in [0.1, 0.15) is 31.9 Å². The van der Waals surface area contributed by atoms with Crippen molar-refractivity contribution in [3.8, 4) is 17.4 Å². The molecule has 0 atom stereocenters. The van der Waals surface area contributed by atoms with E-state index in [9.17, 15) is 13.2 Å². The number of morpholine rings is 1. The number of nitrogens with zero attached hydrogens (tertiary/aromatic N) is 4. The van der Waals surface area contributed by atoms with Gasteiger partial charge in [0, 0.05) is 36.3 Å². The first-order chi connectivity index (χ1) is 22.4. The van der Waals surface area contributed by atoms with Crippen LogP contribution >= 0.6 is 0 Å². The van der Waals surface area contributed by atoms with Gasteiger partial charge in [0.15, 0.2) is 11.5 Å². The smallest absolute Gasteiger partial charge is 0.278 e. The van der Waals surface area contributed by atoms with Crippen molar-refractivity contribution in [1.82, 2.24) is 9.97 Å². The maximum atomic E-state index is 14.0. The predicted molar refractivity (Wildman–Crippen MR) is 181 cm³/mol. The highest BCUT2D eigenvalue weighted by atomic mass is 32.2. The molecule has 14 heteroatoms. The lowest BCUT2D eigenvalue weighted by molar-refractivity contribution is -0.110. The summed E-state index contributed by atoms with van der Waals surface area (Å²) in [6.07, 6.45) is 2.70. The second kappa shape index (κ2) is 13.8. The molecule has 2 heterocycles. The Hall–Kier alpha value is -4.95. The van der Waals surface area contributed by atoms with Crippen molar-refractivity contribution in [3.05, 3.63) is 71.9 Å². The number of hydrogen-bond donors (Lipinski definition) is 2. The molecule has 47 heavy (non-hydrogen) atoms. The van der Waals surface area contributed by atoms with Crippen LogP contribution in [0, 0.1) is 0 Å². The largest absolute Gasteiger partial charge is 0.492 e. The van der Waals surface area contributed by atoms with Crippen LogP contribution in [0.2, 0.25) is 0 Å². The number of fused-ring (bicyclic) bond motifs is 1. The van der Waals surface area contributed by atoms with Crippen LogP contribution < -0.4 is 24.4 Å². The summed E-state index contributed by atoms with van der Waals surface area (Å²) >= 11 is 0. The fourth-order valence-corrected chi connectivity index (χ4v) is 5.67. The van der Waals surface area contributed by atoms with Crippen LogP contribution in [0.4, 0.5) is 17.3 Å². The van der Waals surface area contributed by atoms with Gasteiger partial charge in [0.25, 0.3) is 5.91 Å². The fourth-order valence-electron chi connectivity index (χ4n) is 5.12. The summed E-state index contributed by atoms with van der Waals surface area (Å²) in [6.45, 7) is 8.51. The SMILES string of the molecule is CON=C(C(=O)Nc1cc(C(C)(C)C)cc(NS(C)(=O)=O)c1OC)c1ccc(Oc2ccnc(N3CCOCC3)n2)c2ccccc12. The van der Waals surface area contributed by atoms with Crippen LogP contribution in [-0.2, 0) is 29.8 Å². The molecular weight excluding hydrogens is 624 g/mol. The number of rotatable bonds is 10. The topological polar surface area (TPSA) is 154 Å². The Kier molecular flexibility index (Phi) is 9.82. The van der Waals surface area contributed by atoms with Gasteiger partial charge in [0.05, 0.1) is 38.0 Å². The lowest BCUT2D eigenvalue weighted by Gasteiger charge is -2.26. The Labute approximate surface area is 273 Å². The lowest BCUT2D eigenvalue weighted by Crippen LogP contribution is -2.37. The number of sulfonamides is 1. The Morgan fingerprint density at radius 3 is 2.36 bits per heavy atom. The average Bonchev–Trinajstić information content (AvgIpc) is 3.03. The highest BCUT2D eigenvalue weighted by molar-refractivity contribution is 7.92. The number of carbonyl (C=O) groups is 1. The molecule has 248 valence electrons.